The highest BCUT2D eigenvalue weighted by atomic mass is 35.5. The van der Waals surface area contributed by atoms with E-state index in [-0.39, 0.29) is 18.2 Å². The molecule has 1 N–H and O–H groups in total. The van der Waals surface area contributed by atoms with Gasteiger partial charge in [0.25, 0.3) is 0 Å². The smallest absolute Gasteiger partial charge is 0.227 e. The number of amides is 1. The number of hydrogen-bond donors (Lipinski definition) is 1. The first-order valence-corrected chi connectivity index (χ1v) is 7.18. The second kappa shape index (κ2) is 6.46. The highest BCUT2D eigenvalue weighted by molar-refractivity contribution is 6.31. The van der Waals surface area contributed by atoms with Crippen molar-refractivity contribution < 1.29 is 14.6 Å². The summed E-state index contributed by atoms with van der Waals surface area (Å²) >= 11 is 6.14. The Bertz CT molecular complexity index is 492. The molecule has 5 heteroatoms. The van der Waals surface area contributed by atoms with E-state index < -0.39 is 6.10 Å². The number of benzene rings is 1. The van der Waals surface area contributed by atoms with Crippen molar-refractivity contribution in [3.05, 3.63) is 28.8 Å². The molecule has 1 aliphatic heterocycles. The SMILES string of the molecule is COc1cccc(Cl)c1CC(=O)N1CC[C@@H](C)[C@H](O)C1. The maximum Gasteiger partial charge on any atom is 0.227 e. The van der Waals surface area contributed by atoms with Gasteiger partial charge < -0.3 is 14.7 Å². The molecule has 0 saturated carbocycles. The summed E-state index contributed by atoms with van der Waals surface area (Å²) in [5.74, 6) is 0.841. The number of β-amino-alcohol motifs (C(OH)–C–C–N with tert-alkyl or cyclic N) is 1. The standard InChI is InChI=1S/C15H20ClNO3/c1-10-6-7-17(9-13(10)18)15(19)8-11-12(16)4-3-5-14(11)20-2/h3-5,10,13,18H,6-9H2,1-2H3/t10-,13-/m1/s1. The average molecular weight is 298 g/mol. The third-order valence-electron chi connectivity index (χ3n) is 3.90. The molecule has 1 fully saturated rings. The van der Waals surface area contributed by atoms with E-state index in [1.165, 1.54) is 0 Å². The first kappa shape index (κ1) is 15.1. The lowest BCUT2D eigenvalue weighted by Gasteiger charge is -2.34. The van der Waals surface area contributed by atoms with Gasteiger partial charge in [-0.1, -0.05) is 24.6 Å². The zero-order valence-corrected chi connectivity index (χ0v) is 12.6. The Morgan fingerprint density at radius 1 is 1.55 bits per heavy atom. The Morgan fingerprint density at radius 2 is 2.30 bits per heavy atom. The predicted octanol–water partition coefficient (Wildman–Crippen LogP) is 2.12. The fourth-order valence-electron chi connectivity index (χ4n) is 2.44. The number of piperidine rings is 1. The maximum absolute atomic E-state index is 12.3. The number of hydrogen-bond acceptors (Lipinski definition) is 3. The molecule has 2 rings (SSSR count). The van der Waals surface area contributed by atoms with Crippen molar-refractivity contribution in [2.45, 2.75) is 25.9 Å². The van der Waals surface area contributed by atoms with Crippen molar-refractivity contribution in [1.29, 1.82) is 0 Å². The molecular formula is C15H20ClNO3. The average Bonchev–Trinajstić information content (AvgIpc) is 2.44. The van der Waals surface area contributed by atoms with E-state index in [1.807, 2.05) is 6.92 Å². The highest BCUT2D eigenvalue weighted by Gasteiger charge is 2.27. The van der Waals surface area contributed by atoms with Crippen LogP contribution in [0, 0.1) is 5.92 Å². The van der Waals surface area contributed by atoms with Crippen LogP contribution in [0.2, 0.25) is 5.02 Å². The second-order valence-corrected chi connectivity index (χ2v) is 5.68. The first-order valence-electron chi connectivity index (χ1n) is 6.80. The summed E-state index contributed by atoms with van der Waals surface area (Å²) in [7, 11) is 1.56. The van der Waals surface area contributed by atoms with Gasteiger partial charge in [-0.15, -0.1) is 0 Å². The molecule has 0 unspecified atom stereocenters. The van der Waals surface area contributed by atoms with Crippen molar-refractivity contribution in [3.63, 3.8) is 0 Å². The molecule has 110 valence electrons. The zero-order chi connectivity index (χ0) is 14.7. The van der Waals surface area contributed by atoms with Gasteiger partial charge in [-0.2, -0.15) is 0 Å². The monoisotopic (exact) mass is 297 g/mol. The normalized spacial score (nSPS) is 22.7. The molecule has 0 radical (unpaired) electrons. The molecule has 1 heterocycles. The van der Waals surface area contributed by atoms with E-state index in [0.717, 1.165) is 6.42 Å². The van der Waals surface area contributed by atoms with Crippen molar-refractivity contribution in [2.75, 3.05) is 20.2 Å². The van der Waals surface area contributed by atoms with E-state index >= 15 is 0 Å². The molecule has 1 amide bonds. The van der Waals surface area contributed by atoms with Crippen LogP contribution in [0.3, 0.4) is 0 Å². The van der Waals surface area contributed by atoms with Crippen LogP contribution in [0.1, 0.15) is 18.9 Å². The fraction of sp³-hybridized carbons (Fsp3) is 0.533. The van der Waals surface area contributed by atoms with Crippen molar-refractivity contribution >= 4 is 17.5 Å². The number of likely N-dealkylation sites (tertiary alicyclic amines) is 1. The lowest BCUT2D eigenvalue weighted by atomic mass is 9.95. The van der Waals surface area contributed by atoms with E-state index in [0.29, 0.717) is 29.4 Å². The van der Waals surface area contributed by atoms with Gasteiger partial charge in [0, 0.05) is 23.7 Å². The summed E-state index contributed by atoms with van der Waals surface area (Å²) in [5.41, 5.74) is 0.703. The van der Waals surface area contributed by atoms with Gasteiger partial charge in [0.2, 0.25) is 5.91 Å². The van der Waals surface area contributed by atoms with Gasteiger partial charge in [0.05, 0.1) is 19.6 Å². The number of nitrogens with zero attached hydrogens (tertiary/aromatic N) is 1. The van der Waals surface area contributed by atoms with Gasteiger partial charge in [-0.05, 0) is 24.5 Å². The topological polar surface area (TPSA) is 49.8 Å². The fourth-order valence-corrected chi connectivity index (χ4v) is 2.67. The Balaban J connectivity index is 2.09. The van der Waals surface area contributed by atoms with Crippen LogP contribution in [0.25, 0.3) is 0 Å². The molecule has 0 aromatic heterocycles. The number of aliphatic hydroxyl groups excluding tert-OH is 1. The molecule has 1 saturated heterocycles. The number of methoxy groups -OCH3 is 1. The number of ether oxygens (including phenoxy) is 1. The molecule has 4 nitrogen and oxygen atoms in total. The quantitative estimate of drug-likeness (QED) is 0.930. The molecular weight excluding hydrogens is 278 g/mol. The van der Waals surface area contributed by atoms with Gasteiger partial charge >= 0.3 is 0 Å². The summed E-state index contributed by atoms with van der Waals surface area (Å²) < 4.78 is 5.25. The van der Waals surface area contributed by atoms with Crippen LogP contribution >= 0.6 is 11.6 Å². The van der Waals surface area contributed by atoms with Crippen LogP contribution in [0.15, 0.2) is 18.2 Å². The maximum atomic E-state index is 12.3. The number of halogens is 1. The minimum Gasteiger partial charge on any atom is -0.496 e. The molecule has 1 aliphatic rings. The Kier molecular flexibility index (Phi) is 4.89. The molecule has 0 spiro atoms. The number of aliphatic hydroxyl groups is 1. The van der Waals surface area contributed by atoms with Gasteiger partial charge in [0.1, 0.15) is 5.75 Å². The minimum absolute atomic E-state index is 0.0256. The van der Waals surface area contributed by atoms with Crippen molar-refractivity contribution in [3.8, 4) is 5.75 Å². The number of rotatable bonds is 3. The molecule has 1 aromatic rings. The Morgan fingerprint density at radius 3 is 2.95 bits per heavy atom. The molecule has 20 heavy (non-hydrogen) atoms. The van der Waals surface area contributed by atoms with Crippen molar-refractivity contribution in [2.24, 2.45) is 5.92 Å². The molecule has 1 aromatic carbocycles. The lowest BCUT2D eigenvalue weighted by molar-refractivity contribution is -0.134. The lowest BCUT2D eigenvalue weighted by Crippen LogP contribution is -2.46. The van der Waals surface area contributed by atoms with Gasteiger partial charge in [-0.25, -0.2) is 0 Å². The van der Waals surface area contributed by atoms with E-state index in [4.69, 9.17) is 16.3 Å². The zero-order valence-electron chi connectivity index (χ0n) is 11.8. The number of carbonyl (C=O) groups excluding carboxylic acids is 1. The number of carbonyl (C=O) groups is 1. The summed E-state index contributed by atoms with van der Waals surface area (Å²) in [4.78, 5) is 14.0. The van der Waals surface area contributed by atoms with Gasteiger partial charge in [-0.3, -0.25) is 4.79 Å². The van der Waals surface area contributed by atoms with E-state index in [1.54, 1.807) is 30.2 Å². The van der Waals surface area contributed by atoms with Crippen LogP contribution < -0.4 is 4.74 Å². The minimum atomic E-state index is -0.444. The summed E-state index contributed by atoms with van der Waals surface area (Å²) in [5, 5.41) is 10.4. The summed E-state index contributed by atoms with van der Waals surface area (Å²) in [6, 6.07) is 5.34. The van der Waals surface area contributed by atoms with Crippen LogP contribution in [0.4, 0.5) is 0 Å². The van der Waals surface area contributed by atoms with Crippen LogP contribution in [-0.2, 0) is 11.2 Å². The summed E-state index contributed by atoms with van der Waals surface area (Å²) in [6.07, 6.45) is 0.581. The first-order chi connectivity index (χ1) is 9.52. The molecule has 0 bridgehead atoms. The van der Waals surface area contributed by atoms with Crippen LogP contribution in [0.5, 0.6) is 5.75 Å². The molecule has 0 aliphatic carbocycles. The highest BCUT2D eigenvalue weighted by Crippen LogP contribution is 2.27. The van der Waals surface area contributed by atoms with E-state index in [2.05, 4.69) is 0 Å². The van der Waals surface area contributed by atoms with E-state index in [9.17, 15) is 9.90 Å². The van der Waals surface area contributed by atoms with Gasteiger partial charge in [0.15, 0.2) is 0 Å². The van der Waals surface area contributed by atoms with Crippen molar-refractivity contribution in [1.82, 2.24) is 4.90 Å². The Hall–Kier alpha value is -1.26. The third-order valence-corrected chi connectivity index (χ3v) is 4.25. The largest absolute Gasteiger partial charge is 0.496 e. The Labute approximate surface area is 124 Å². The van der Waals surface area contributed by atoms with Crippen LogP contribution in [-0.4, -0.2) is 42.2 Å². The third kappa shape index (κ3) is 3.25. The summed E-state index contributed by atoms with van der Waals surface area (Å²) in [6.45, 7) is 3.08. The predicted molar refractivity (Wildman–Crippen MR) is 78.1 cm³/mol. The second-order valence-electron chi connectivity index (χ2n) is 5.27. The molecule has 2 atom stereocenters.